The Morgan fingerprint density at radius 3 is 1.68 bits per heavy atom. The summed E-state index contributed by atoms with van der Waals surface area (Å²) in [6, 6.07) is 66.9. The van der Waals surface area contributed by atoms with Crippen LogP contribution < -0.4 is 4.90 Å². The molecule has 11 rings (SSSR count). The van der Waals surface area contributed by atoms with Gasteiger partial charge in [-0.3, -0.25) is 0 Å². The van der Waals surface area contributed by atoms with E-state index in [1.54, 1.807) is 0 Å². The zero-order chi connectivity index (χ0) is 34.9. The minimum absolute atomic E-state index is 0.863. The molecule has 0 amide bonds. The van der Waals surface area contributed by atoms with Gasteiger partial charge in [-0.05, 0) is 105 Å². The van der Waals surface area contributed by atoms with Crippen LogP contribution in [0.15, 0.2) is 197 Å². The van der Waals surface area contributed by atoms with Crippen LogP contribution in [0.5, 0.6) is 0 Å². The number of nitrogens with zero attached hydrogens (tertiary/aromatic N) is 1. The van der Waals surface area contributed by atoms with Crippen LogP contribution in [-0.2, 0) is 0 Å². The zero-order valence-corrected chi connectivity index (χ0v) is 28.7. The molecule has 0 saturated carbocycles. The maximum absolute atomic E-state index is 6.64. The summed E-state index contributed by atoms with van der Waals surface area (Å²) in [5.74, 6) is 0. The fourth-order valence-electron chi connectivity index (χ4n) is 8.03. The van der Waals surface area contributed by atoms with Gasteiger partial charge in [0.25, 0.3) is 0 Å². The predicted molar refractivity (Wildman–Crippen MR) is 222 cm³/mol. The molecule has 0 atom stereocenters. The second-order valence-electron chi connectivity index (χ2n) is 13.7. The first-order chi connectivity index (χ1) is 26.2. The molecule has 0 aliphatic carbocycles. The number of hydrogen-bond acceptors (Lipinski definition) is 3. The SMILES string of the molecule is c1ccc2cc(-c3ccc(N(c4ccc(-c5ccc6c(c5)oc5ccccc56)cc4)c4cccc5oc6c7ccccc7ccc6c45)cc3)ccc2c1. The van der Waals surface area contributed by atoms with Gasteiger partial charge < -0.3 is 13.7 Å². The first kappa shape index (κ1) is 29.6. The second-order valence-corrected chi connectivity index (χ2v) is 13.7. The van der Waals surface area contributed by atoms with E-state index in [4.69, 9.17) is 8.83 Å². The van der Waals surface area contributed by atoms with Crippen LogP contribution in [0.4, 0.5) is 17.1 Å². The van der Waals surface area contributed by atoms with Crippen molar-refractivity contribution in [3.8, 4) is 22.3 Å². The number of furan rings is 2. The highest BCUT2D eigenvalue weighted by Gasteiger charge is 2.21. The van der Waals surface area contributed by atoms with Gasteiger partial charge in [-0.25, -0.2) is 0 Å². The lowest BCUT2D eigenvalue weighted by atomic mass is 10.00. The van der Waals surface area contributed by atoms with Crippen molar-refractivity contribution >= 4 is 82.5 Å². The molecule has 0 aliphatic heterocycles. The Labute approximate surface area is 305 Å². The van der Waals surface area contributed by atoms with Crippen molar-refractivity contribution in [3.63, 3.8) is 0 Å². The molecule has 11 aromatic rings. The standard InChI is InChI=1S/C50H31NO2/c1-2-10-36-30-37(17-16-32(36)8-1)33-18-24-39(25-19-33)51(45-13-7-15-47-49(45)44-29-22-35-9-3-4-11-41(35)50(44)53-47)40-26-20-34(21-27-40)38-23-28-43-42-12-5-6-14-46(42)52-48(43)31-38/h1-31H. The van der Waals surface area contributed by atoms with Crippen molar-refractivity contribution < 1.29 is 8.83 Å². The summed E-state index contributed by atoms with van der Waals surface area (Å²) in [6.07, 6.45) is 0. The van der Waals surface area contributed by atoms with Crippen LogP contribution in [0.3, 0.4) is 0 Å². The molecule has 248 valence electrons. The number of anilines is 3. The summed E-state index contributed by atoms with van der Waals surface area (Å²) in [4.78, 5) is 2.35. The van der Waals surface area contributed by atoms with E-state index in [1.807, 2.05) is 12.1 Å². The average Bonchev–Trinajstić information content (AvgIpc) is 3.80. The van der Waals surface area contributed by atoms with Gasteiger partial charge >= 0.3 is 0 Å². The summed E-state index contributed by atoms with van der Waals surface area (Å²) < 4.78 is 12.9. The lowest BCUT2D eigenvalue weighted by Gasteiger charge is -2.26. The van der Waals surface area contributed by atoms with Gasteiger partial charge in [0, 0.05) is 32.9 Å². The van der Waals surface area contributed by atoms with Crippen molar-refractivity contribution in [2.24, 2.45) is 0 Å². The molecule has 3 nitrogen and oxygen atoms in total. The van der Waals surface area contributed by atoms with E-state index in [0.29, 0.717) is 0 Å². The molecule has 0 unspecified atom stereocenters. The maximum Gasteiger partial charge on any atom is 0.143 e. The van der Waals surface area contributed by atoms with Crippen LogP contribution >= 0.6 is 0 Å². The smallest absolute Gasteiger partial charge is 0.143 e. The fourth-order valence-corrected chi connectivity index (χ4v) is 8.03. The van der Waals surface area contributed by atoms with E-state index < -0.39 is 0 Å². The molecular weight excluding hydrogens is 647 g/mol. The number of para-hydroxylation sites is 1. The molecule has 53 heavy (non-hydrogen) atoms. The molecule has 2 aromatic heterocycles. The number of rotatable bonds is 5. The summed E-state index contributed by atoms with van der Waals surface area (Å²) in [7, 11) is 0. The molecule has 0 aliphatic rings. The van der Waals surface area contributed by atoms with Gasteiger partial charge in [-0.1, -0.05) is 121 Å². The third-order valence-corrected chi connectivity index (χ3v) is 10.7. The highest BCUT2D eigenvalue weighted by molar-refractivity contribution is 6.19. The lowest BCUT2D eigenvalue weighted by Crippen LogP contribution is -2.10. The Hall–Kier alpha value is -7.10. The molecule has 0 spiro atoms. The van der Waals surface area contributed by atoms with Crippen LogP contribution in [0.1, 0.15) is 0 Å². The van der Waals surface area contributed by atoms with Crippen molar-refractivity contribution in [2.45, 2.75) is 0 Å². The van der Waals surface area contributed by atoms with E-state index in [9.17, 15) is 0 Å². The highest BCUT2D eigenvalue weighted by Crippen LogP contribution is 2.45. The Morgan fingerprint density at radius 2 is 0.887 bits per heavy atom. The van der Waals surface area contributed by atoms with Gasteiger partial charge in [-0.2, -0.15) is 0 Å². The monoisotopic (exact) mass is 677 g/mol. The maximum atomic E-state index is 6.64. The summed E-state index contributed by atoms with van der Waals surface area (Å²) >= 11 is 0. The molecule has 0 N–H and O–H groups in total. The van der Waals surface area contributed by atoms with E-state index in [0.717, 1.165) is 82.8 Å². The van der Waals surface area contributed by atoms with E-state index in [-0.39, 0.29) is 0 Å². The Bertz CT molecular complexity index is 3170. The van der Waals surface area contributed by atoms with Crippen LogP contribution in [0.2, 0.25) is 0 Å². The van der Waals surface area contributed by atoms with Crippen LogP contribution in [0, 0.1) is 0 Å². The molecule has 0 saturated heterocycles. The van der Waals surface area contributed by atoms with Crippen molar-refractivity contribution in [3.05, 3.63) is 188 Å². The van der Waals surface area contributed by atoms with Crippen LogP contribution in [0.25, 0.3) is 87.7 Å². The molecule has 3 heteroatoms. The Kier molecular flexibility index (Phi) is 6.55. The number of hydrogen-bond donors (Lipinski definition) is 0. The predicted octanol–water partition coefficient (Wildman–Crippen LogP) is 14.6. The first-order valence-electron chi connectivity index (χ1n) is 18.0. The van der Waals surface area contributed by atoms with Crippen molar-refractivity contribution in [1.82, 2.24) is 0 Å². The first-order valence-corrected chi connectivity index (χ1v) is 18.0. The molecule has 0 radical (unpaired) electrons. The molecular formula is C50H31NO2. The summed E-state index contributed by atoms with van der Waals surface area (Å²) in [5.41, 5.74) is 11.4. The lowest BCUT2D eigenvalue weighted by molar-refractivity contribution is 0.669. The Morgan fingerprint density at radius 1 is 0.321 bits per heavy atom. The van der Waals surface area contributed by atoms with E-state index in [2.05, 4.69) is 181 Å². The van der Waals surface area contributed by atoms with E-state index >= 15 is 0 Å². The fraction of sp³-hybridized carbons (Fsp3) is 0. The van der Waals surface area contributed by atoms with E-state index in [1.165, 1.54) is 21.9 Å². The summed E-state index contributed by atoms with van der Waals surface area (Å²) in [6.45, 7) is 0. The van der Waals surface area contributed by atoms with Gasteiger partial charge in [0.15, 0.2) is 0 Å². The number of benzene rings is 9. The molecule has 0 bridgehead atoms. The molecule has 0 fully saturated rings. The topological polar surface area (TPSA) is 29.5 Å². The van der Waals surface area contributed by atoms with Gasteiger partial charge in [0.05, 0.1) is 11.1 Å². The molecule has 2 heterocycles. The minimum Gasteiger partial charge on any atom is -0.456 e. The average molecular weight is 678 g/mol. The zero-order valence-electron chi connectivity index (χ0n) is 28.7. The largest absolute Gasteiger partial charge is 0.456 e. The highest BCUT2D eigenvalue weighted by atomic mass is 16.3. The number of fused-ring (bicyclic) bond motifs is 9. The molecule has 9 aromatic carbocycles. The third-order valence-electron chi connectivity index (χ3n) is 10.7. The van der Waals surface area contributed by atoms with Gasteiger partial charge in [0.1, 0.15) is 22.3 Å². The second kappa shape index (κ2) is 11.7. The Balaban J connectivity index is 1.06. The van der Waals surface area contributed by atoms with Gasteiger partial charge in [0.2, 0.25) is 0 Å². The summed E-state index contributed by atoms with van der Waals surface area (Å²) in [5, 5.41) is 9.22. The van der Waals surface area contributed by atoms with Crippen LogP contribution in [-0.4, -0.2) is 0 Å². The van der Waals surface area contributed by atoms with Gasteiger partial charge in [-0.15, -0.1) is 0 Å². The van der Waals surface area contributed by atoms with Crippen molar-refractivity contribution in [1.29, 1.82) is 0 Å². The third kappa shape index (κ3) is 4.82. The minimum atomic E-state index is 0.863. The quantitative estimate of drug-likeness (QED) is 0.182. The normalized spacial score (nSPS) is 11.8. The van der Waals surface area contributed by atoms with Crippen molar-refractivity contribution in [2.75, 3.05) is 4.90 Å².